The first kappa shape index (κ1) is 19.1. The summed E-state index contributed by atoms with van der Waals surface area (Å²) in [4.78, 5) is 24.8. The van der Waals surface area contributed by atoms with E-state index < -0.39 is 13.6 Å². The Hall–Kier alpha value is -2.19. The highest BCUT2D eigenvalue weighted by Gasteiger charge is 2.34. The van der Waals surface area contributed by atoms with E-state index in [1.165, 1.54) is 0 Å². The van der Waals surface area contributed by atoms with Gasteiger partial charge in [0.25, 0.3) is 0 Å². The number of benzene rings is 2. The van der Waals surface area contributed by atoms with E-state index in [9.17, 15) is 9.59 Å². The van der Waals surface area contributed by atoms with Crippen molar-refractivity contribution in [1.29, 1.82) is 0 Å². The molecule has 132 valence electrons. The second kappa shape index (κ2) is 9.95. The summed E-state index contributed by atoms with van der Waals surface area (Å²) < 4.78 is 10.4. The smallest absolute Gasteiger partial charge is 0.314 e. The van der Waals surface area contributed by atoms with E-state index in [-0.39, 0.29) is 25.0 Å². The maximum absolute atomic E-state index is 12.7. The zero-order chi connectivity index (χ0) is 18.1. The maximum atomic E-state index is 12.7. The molecule has 0 saturated carbocycles. The van der Waals surface area contributed by atoms with Crippen LogP contribution in [-0.2, 0) is 19.1 Å². The minimum atomic E-state index is -1.08. The number of hydrogen-bond acceptors (Lipinski definition) is 4. The van der Waals surface area contributed by atoms with Gasteiger partial charge in [-0.2, -0.15) is 0 Å². The Kier molecular flexibility index (Phi) is 7.62. The standard InChI is InChI=1S/C20H23O4P/c1-3-23-19(21)15-18(20(22)24-4-2)25(16-11-7-5-8-12-16)17-13-9-6-10-14-17/h5-14,18H,3-4,15H2,1-2H3/t18-/m1/s1. The number of hydrogen-bond donors (Lipinski definition) is 0. The summed E-state index contributed by atoms with van der Waals surface area (Å²) in [6.07, 6.45) is 0.0160. The minimum absolute atomic E-state index is 0.0160. The first-order valence-electron chi connectivity index (χ1n) is 8.39. The van der Waals surface area contributed by atoms with Gasteiger partial charge in [0.15, 0.2) is 0 Å². The Morgan fingerprint density at radius 3 is 1.76 bits per heavy atom. The average molecular weight is 358 g/mol. The normalized spacial score (nSPS) is 11.8. The van der Waals surface area contributed by atoms with Gasteiger partial charge in [-0.1, -0.05) is 60.7 Å². The molecule has 0 N–H and O–H groups in total. The third-order valence-electron chi connectivity index (χ3n) is 3.60. The first-order chi connectivity index (χ1) is 12.2. The summed E-state index contributed by atoms with van der Waals surface area (Å²) in [6.45, 7) is 4.11. The van der Waals surface area contributed by atoms with Gasteiger partial charge in [-0.15, -0.1) is 0 Å². The number of esters is 2. The fraction of sp³-hybridized carbons (Fsp3) is 0.300. The summed E-state index contributed by atoms with van der Waals surface area (Å²) in [7, 11) is -1.08. The molecule has 0 amide bonds. The lowest BCUT2D eigenvalue weighted by Crippen LogP contribution is -2.32. The molecule has 0 bridgehead atoms. The van der Waals surface area contributed by atoms with Gasteiger partial charge in [-0.25, -0.2) is 0 Å². The van der Waals surface area contributed by atoms with Gasteiger partial charge < -0.3 is 9.47 Å². The number of carbonyl (C=O) groups excluding carboxylic acids is 2. The highest BCUT2D eigenvalue weighted by molar-refractivity contribution is 7.74. The van der Waals surface area contributed by atoms with Crippen molar-refractivity contribution in [1.82, 2.24) is 0 Å². The molecule has 0 aliphatic rings. The molecule has 0 saturated heterocycles. The minimum Gasteiger partial charge on any atom is -0.466 e. The summed E-state index contributed by atoms with van der Waals surface area (Å²) in [5, 5.41) is 2.07. The van der Waals surface area contributed by atoms with Crippen LogP contribution in [0.5, 0.6) is 0 Å². The molecular weight excluding hydrogens is 335 g/mol. The van der Waals surface area contributed by atoms with Crippen LogP contribution in [0.4, 0.5) is 0 Å². The van der Waals surface area contributed by atoms with E-state index >= 15 is 0 Å². The van der Waals surface area contributed by atoms with Gasteiger partial charge in [-0.05, 0) is 32.4 Å². The highest BCUT2D eigenvalue weighted by atomic mass is 31.1. The molecule has 0 radical (unpaired) electrons. The van der Waals surface area contributed by atoms with Gasteiger partial charge >= 0.3 is 11.9 Å². The Bertz CT molecular complexity index is 633. The van der Waals surface area contributed by atoms with Crippen LogP contribution in [0.1, 0.15) is 20.3 Å². The largest absolute Gasteiger partial charge is 0.466 e. The lowest BCUT2D eigenvalue weighted by molar-refractivity contribution is -0.149. The molecule has 25 heavy (non-hydrogen) atoms. The van der Waals surface area contributed by atoms with E-state index in [0.717, 1.165) is 10.6 Å². The lowest BCUT2D eigenvalue weighted by atomic mass is 10.3. The molecule has 0 fully saturated rings. The van der Waals surface area contributed by atoms with Crippen molar-refractivity contribution in [3.05, 3.63) is 60.7 Å². The summed E-state index contributed by atoms with van der Waals surface area (Å²) in [5.41, 5.74) is -0.571. The summed E-state index contributed by atoms with van der Waals surface area (Å²) in [5.74, 6) is -0.728. The van der Waals surface area contributed by atoms with Crippen molar-refractivity contribution in [3.8, 4) is 0 Å². The van der Waals surface area contributed by atoms with Crippen LogP contribution in [0, 0.1) is 0 Å². The van der Waals surface area contributed by atoms with Gasteiger partial charge in [0, 0.05) is 0 Å². The van der Waals surface area contributed by atoms with Crippen LogP contribution in [-0.4, -0.2) is 30.8 Å². The van der Waals surface area contributed by atoms with Crippen LogP contribution in [0.3, 0.4) is 0 Å². The molecule has 2 aromatic carbocycles. The van der Waals surface area contributed by atoms with Crippen molar-refractivity contribution in [2.24, 2.45) is 0 Å². The molecule has 2 aromatic rings. The van der Waals surface area contributed by atoms with Gasteiger partial charge in [0.1, 0.15) is 0 Å². The van der Waals surface area contributed by atoms with Crippen molar-refractivity contribution >= 4 is 30.5 Å². The Balaban J connectivity index is 2.44. The first-order valence-corrected chi connectivity index (χ1v) is 9.80. The third kappa shape index (κ3) is 5.40. The van der Waals surface area contributed by atoms with Crippen molar-refractivity contribution < 1.29 is 19.1 Å². The monoisotopic (exact) mass is 358 g/mol. The molecule has 0 unspecified atom stereocenters. The SMILES string of the molecule is CCOC(=O)C[C@H](C(=O)OCC)P(c1ccccc1)c1ccccc1. The van der Waals surface area contributed by atoms with Crippen LogP contribution in [0.15, 0.2) is 60.7 Å². The van der Waals surface area contributed by atoms with E-state index in [1.807, 2.05) is 60.7 Å². The van der Waals surface area contributed by atoms with Crippen LogP contribution >= 0.6 is 7.92 Å². The number of carbonyl (C=O) groups is 2. The molecular formula is C20H23O4P. The molecule has 2 rings (SSSR count). The molecule has 5 heteroatoms. The molecule has 0 aliphatic heterocycles. The van der Waals surface area contributed by atoms with Crippen molar-refractivity contribution in [2.75, 3.05) is 13.2 Å². The summed E-state index contributed by atoms with van der Waals surface area (Å²) in [6, 6.07) is 19.6. The zero-order valence-electron chi connectivity index (χ0n) is 14.6. The van der Waals surface area contributed by atoms with Gasteiger partial charge in [-0.3, -0.25) is 9.59 Å². The highest BCUT2D eigenvalue weighted by Crippen LogP contribution is 2.42. The van der Waals surface area contributed by atoms with Crippen molar-refractivity contribution in [2.45, 2.75) is 25.9 Å². The quantitative estimate of drug-likeness (QED) is 0.538. The fourth-order valence-electron chi connectivity index (χ4n) is 2.58. The van der Waals surface area contributed by atoms with Crippen LogP contribution in [0.25, 0.3) is 0 Å². The Morgan fingerprint density at radius 2 is 1.32 bits per heavy atom. The Labute approximate surface area is 149 Å². The van der Waals surface area contributed by atoms with Gasteiger partial charge in [0.05, 0.1) is 25.3 Å². The predicted molar refractivity (Wildman–Crippen MR) is 101 cm³/mol. The summed E-state index contributed by atoms with van der Waals surface area (Å²) >= 11 is 0. The third-order valence-corrected chi connectivity index (χ3v) is 6.33. The molecule has 4 nitrogen and oxygen atoms in total. The zero-order valence-corrected chi connectivity index (χ0v) is 15.4. The number of rotatable bonds is 8. The molecule has 0 heterocycles. The van der Waals surface area contributed by atoms with Crippen LogP contribution < -0.4 is 10.6 Å². The van der Waals surface area contributed by atoms with E-state index in [1.54, 1.807) is 13.8 Å². The Morgan fingerprint density at radius 1 is 0.840 bits per heavy atom. The number of ether oxygens (including phenoxy) is 2. The molecule has 0 aliphatic carbocycles. The second-order valence-corrected chi connectivity index (χ2v) is 7.71. The van der Waals surface area contributed by atoms with Gasteiger partial charge in [0.2, 0.25) is 0 Å². The van der Waals surface area contributed by atoms with Crippen molar-refractivity contribution in [3.63, 3.8) is 0 Å². The topological polar surface area (TPSA) is 52.6 Å². The molecule has 0 aromatic heterocycles. The molecule has 1 atom stereocenters. The fourth-order valence-corrected chi connectivity index (χ4v) is 5.20. The van der Waals surface area contributed by atoms with E-state index in [0.29, 0.717) is 6.61 Å². The second-order valence-electron chi connectivity index (χ2n) is 5.32. The van der Waals surface area contributed by atoms with Crippen LogP contribution in [0.2, 0.25) is 0 Å². The van der Waals surface area contributed by atoms with E-state index in [2.05, 4.69) is 0 Å². The molecule has 0 spiro atoms. The van der Waals surface area contributed by atoms with E-state index in [4.69, 9.17) is 9.47 Å². The average Bonchev–Trinajstić information content (AvgIpc) is 2.63. The predicted octanol–water partition coefficient (Wildman–Crippen LogP) is 3.00. The lowest BCUT2D eigenvalue weighted by Gasteiger charge is -2.26. The maximum Gasteiger partial charge on any atom is 0.314 e.